The lowest BCUT2D eigenvalue weighted by molar-refractivity contribution is 0.0950. The third-order valence-electron chi connectivity index (χ3n) is 4.19. The maximum Gasteiger partial charge on any atom is 0.253 e. The number of carbonyl (C=O) groups excluding carboxylic acids is 1. The van der Waals surface area contributed by atoms with E-state index in [0.29, 0.717) is 33.3 Å². The first kappa shape index (κ1) is 16.8. The minimum absolute atomic E-state index is 0.00325. The lowest BCUT2D eigenvalue weighted by Gasteiger charge is -2.07. The zero-order valence-electron chi connectivity index (χ0n) is 14.0. The first-order chi connectivity index (χ1) is 13.1. The highest BCUT2D eigenvalue weighted by molar-refractivity contribution is 5.95. The Morgan fingerprint density at radius 3 is 2.78 bits per heavy atom. The van der Waals surface area contributed by atoms with Crippen LogP contribution in [-0.2, 0) is 6.54 Å². The Balaban J connectivity index is 1.64. The maximum atomic E-state index is 14.4. The van der Waals surface area contributed by atoms with Crippen LogP contribution in [-0.4, -0.2) is 21.1 Å². The summed E-state index contributed by atoms with van der Waals surface area (Å²) in [6.45, 7) is 0.00325. The molecule has 0 bridgehead atoms. The van der Waals surface area contributed by atoms with Gasteiger partial charge in [0, 0.05) is 35.5 Å². The fourth-order valence-electron chi connectivity index (χ4n) is 2.85. The molecule has 7 heteroatoms. The van der Waals surface area contributed by atoms with Crippen LogP contribution in [0.3, 0.4) is 0 Å². The van der Waals surface area contributed by atoms with Crippen LogP contribution in [0.1, 0.15) is 15.9 Å². The molecule has 2 aromatic heterocycles. The van der Waals surface area contributed by atoms with Crippen molar-refractivity contribution in [3.05, 3.63) is 83.7 Å². The highest BCUT2D eigenvalue weighted by Gasteiger charge is 2.14. The fraction of sp³-hybridized carbons (Fsp3) is 0.0500. The molecule has 5 nitrogen and oxygen atoms in total. The van der Waals surface area contributed by atoms with E-state index in [1.165, 1.54) is 24.4 Å². The van der Waals surface area contributed by atoms with Crippen molar-refractivity contribution < 1.29 is 13.6 Å². The van der Waals surface area contributed by atoms with Crippen molar-refractivity contribution in [2.75, 3.05) is 0 Å². The highest BCUT2D eigenvalue weighted by Crippen LogP contribution is 2.28. The van der Waals surface area contributed by atoms with Crippen molar-refractivity contribution in [1.29, 1.82) is 0 Å². The Bertz CT molecular complexity index is 1130. The van der Waals surface area contributed by atoms with Gasteiger partial charge in [0.25, 0.3) is 5.91 Å². The average molecular weight is 364 g/mol. The number of pyridine rings is 1. The van der Waals surface area contributed by atoms with Crippen LogP contribution in [0.25, 0.3) is 22.2 Å². The van der Waals surface area contributed by atoms with E-state index >= 15 is 0 Å². The number of nitrogens with one attached hydrogen (secondary N) is 2. The number of halogens is 2. The fourth-order valence-corrected chi connectivity index (χ4v) is 2.85. The van der Waals surface area contributed by atoms with Crippen LogP contribution >= 0.6 is 0 Å². The molecule has 0 radical (unpaired) electrons. The zero-order chi connectivity index (χ0) is 18.8. The topological polar surface area (TPSA) is 70.7 Å². The standard InChI is InChI=1S/C20H14F2N4O/c21-15-5-1-3-12(7-15)19-16-8-14(17(22)9-18(16)25-26-19)11-24-20(27)13-4-2-6-23-10-13/h1-10H,11H2,(H,24,27)(H,25,26). The second kappa shape index (κ2) is 6.95. The molecule has 0 fully saturated rings. The van der Waals surface area contributed by atoms with Gasteiger partial charge in [0.05, 0.1) is 11.1 Å². The first-order valence-corrected chi connectivity index (χ1v) is 8.22. The SMILES string of the molecule is O=C(NCc1cc2c(-c3cccc(F)c3)n[nH]c2cc1F)c1cccnc1. The van der Waals surface area contributed by atoms with E-state index in [4.69, 9.17) is 0 Å². The third kappa shape index (κ3) is 3.39. The normalized spacial score (nSPS) is 10.9. The highest BCUT2D eigenvalue weighted by atomic mass is 19.1. The van der Waals surface area contributed by atoms with E-state index in [-0.39, 0.29) is 18.3 Å². The number of hydrogen-bond acceptors (Lipinski definition) is 3. The number of aromatic nitrogens is 3. The van der Waals surface area contributed by atoms with Crippen LogP contribution in [0.15, 0.2) is 60.9 Å². The molecule has 0 saturated heterocycles. The molecule has 4 rings (SSSR count). The minimum Gasteiger partial charge on any atom is -0.348 e. The second-order valence-corrected chi connectivity index (χ2v) is 6.00. The van der Waals surface area contributed by atoms with E-state index in [0.717, 1.165) is 0 Å². The largest absolute Gasteiger partial charge is 0.348 e. The Labute approximate surface area is 153 Å². The van der Waals surface area contributed by atoms with E-state index in [1.807, 2.05) is 0 Å². The molecule has 27 heavy (non-hydrogen) atoms. The molecule has 4 aromatic rings. The van der Waals surface area contributed by atoms with Crippen molar-refractivity contribution in [3.63, 3.8) is 0 Å². The van der Waals surface area contributed by atoms with Gasteiger partial charge in [0.1, 0.15) is 17.3 Å². The summed E-state index contributed by atoms with van der Waals surface area (Å²) in [7, 11) is 0. The van der Waals surface area contributed by atoms with Gasteiger partial charge in [-0.25, -0.2) is 8.78 Å². The summed E-state index contributed by atoms with van der Waals surface area (Å²) in [5, 5.41) is 10.3. The van der Waals surface area contributed by atoms with Gasteiger partial charge >= 0.3 is 0 Å². The van der Waals surface area contributed by atoms with Crippen LogP contribution in [0.2, 0.25) is 0 Å². The molecular formula is C20H14F2N4O. The Morgan fingerprint density at radius 1 is 1.11 bits per heavy atom. The number of H-pyrrole nitrogens is 1. The number of carbonyl (C=O) groups is 1. The predicted molar refractivity (Wildman–Crippen MR) is 96.9 cm³/mol. The number of hydrogen-bond donors (Lipinski definition) is 2. The molecule has 0 aliphatic heterocycles. The monoisotopic (exact) mass is 364 g/mol. The lowest BCUT2D eigenvalue weighted by atomic mass is 10.0. The number of amides is 1. The quantitative estimate of drug-likeness (QED) is 0.578. The minimum atomic E-state index is -0.469. The van der Waals surface area contributed by atoms with Crippen molar-refractivity contribution >= 4 is 16.8 Å². The summed E-state index contributed by atoms with van der Waals surface area (Å²) < 4.78 is 27.9. The van der Waals surface area contributed by atoms with Crippen LogP contribution in [0.5, 0.6) is 0 Å². The van der Waals surface area contributed by atoms with E-state index < -0.39 is 5.82 Å². The van der Waals surface area contributed by atoms with Crippen molar-refractivity contribution in [3.8, 4) is 11.3 Å². The van der Waals surface area contributed by atoms with E-state index in [2.05, 4.69) is 20.5 Å². The summed E-state index contributed by atoms with van der Waals surface area (Å²) in [5.74, 6) is -1.20. The average Bonchev–Trinajstić information content (AvgIpc) is 3.09. The Kier molecular flexibility index (Phi) is 4.33. The van der Waals surface area contributed by atoms with Gasteiger partial charge in [-0.3, -0.25) is 14.9 Å². The molecule has 0 aliphatic rings. The van der Waals surface area contributed by atoms with E-state index in [9.17, 15) is 13.6 Å². The van der Waals surface area contributed by atoms with Gasteiger partial charge in [-0.1, -0.05) is 12.1 Å². The zero-order valence-corrected chi connectivity index (χ0v) is 14.0. The molecule has 1 amide bonds. The van der Waals surface area contributed by atoms with Gasteiger partial charge in [-0.15, -0.1) is 0 Å². The number of fused-ring (bicyclic) bond motifs is 1. The molecular weight excluding hydrogens is 350 g/mol. The second-order valence-electron chi connectivity index (χ2n) is 6.00. The van der Waals surface area contributed by atoms with Gasteiger partial charge < -0.3 is 5.32 Å². The number of nitrogens with zero attached hydrogens (tertiary/aromatic N) is 2. The molecule has 2 N–H and O–H groups in total. The van der Waals surface area contributed by atoms with Gasteiger partial charge in [-0.2, -0.15) is 5.10 Å². The summed E-state index contributed by atoms with van der Waals surface area (Å²) in [6, 6.07) is 12.2. The first-order valence-electron chi connectivity index (χ1n) is 8.22. The maximum absolute atomic E-state index is 14.4. The lowest BCUT2D eigenvalue weighted by Crippen LogP contribution is -2.23. The molecule has 0 aliphatic carbocycles. The van der Waals surface area contributed by atoms with Crippen LogP contribution in [0, 0.1) is 11.6 Å². The van der Waals surface area contributed by atoms with Gasteiger partial charge in [0.2, 0.25) is 0 Å². The summed E-state index contributed by atoms with van der Waals surface area (Å²) in [6.07, 6.45) is 3.00. The Hall–Kier alpha value is -3.61. The molecule has 0 saturated carbocycles. The number of rotatable bonds is 4. The van der Waals surface area contributed by atoms with Crippen molar-refractivity contribution in [2.24, 2.45) is 0 Å². The predicted octanol–water partition coefficient (Wildman–Crippen LogP) is 3.83. The van der Waals surface area contributed by atoms with Crippen LogP contribution < -0.4 is 5.32 Å². The third-order valence-corrected chi connectivity index (χ3v) is 4.19. The summed E-state index contributed by atoms with van der Waals surface area (Å²) in [5.41, 5.74) is 2.29. The van der Waals surface area contributed by atoms with Gasteiger partial charge in [-0.05, 0) is 36.4 Å². The summed E-state index contributed by atoms with van der Waals surface area (Å²) >= 11 is 0. The molecule has 2 heterocycles. The smallest absolute Gasteiger partial charge is 0.253 e. The molecule has 0 unspecified atom stereocenters. The number of aromatic amines is 1. The van der Waals surface area contributed by atoms with Gasteiger partial charge in [0.15, 0.2) is 0 Å². The molecule has 0 atom stereocenters. The Morgan fingerprint density at radius 2 is 2.00 bits per heavy atom. The van der Waals surface area contributed by atoms with Crippen molar-refractivity contribution in [2.45, 2.75) is 6.54 Å². The molecule has 2 aromatic carbocycles. The van der Waals surface area contributed by atoms with E-state index in [1.54, 1.807) is 36.5 Å². The van der Waals surface area contributed by atoms with Crippen LogP contribution in [0.4, 0.5) is 8.78 Å². The molecule has 0 spiro atoms. The number of benzene rings is 2. The van der Waals surface area contributed by atoms with Crippen molar-refractivity contribution in [1.82, 2.24) is 20.5 Å². The molecule has 134 valence electrons. The summed E-state index contributed by atoms with van der Waals surface area (Å²) in [4.78, 5) is 16.0.